The number of rotatable bonds is 8. The molecule has 0 radical (unpaired) electrons. The van der Waals surface area contributed by atoms with Gasteiger partial charge < -0.3 is 24.4 Å². The lowest BCUT2D eigenvalue weighted by molar-refractivity contribution is 0.0706. The summed E-state index contributed by atoms with van der Waals surface area (Å²) in [6, 6.07) is 4.58. The monoisotopic (exact) mass is 354 g/mol. The van der Waals surface area contributed by atoms with Crippen LogP contribution in [-0.2, 0) is 16.1 Å². The van der Waals surface area contributed by atoms with Crippen LogP contribution in [0.4, 0.5) is 9.18 Å². The second-order valence-corrected chi connectivity index (χ2v) is 5.96. The van der Waals surface area contributed by atoms with E-state index in [4.69, 9.17) is 14.2 Å². The number of nitrogens with one attached hydrogen (secondary N) is 1. The highest BCUT2D eigenvalue weighted by Gasteiger charge is 2.26. The van der Waals surface area contributed by atoms with Gasteiger partial charge in [0.25, 0.3) is 0 Å². The van der Waals surface area contributed by atoms with Gasteiger partial charge in [-0.3, -0.25) is 0 Å². The minimum absolute atomic E-state index is 0.111. The first kappa shape index (κ1) is 19.5. The molecule has 140 valence electrons. The topological polar surface area (TPSA) is 60.0 Å². The molecule has 0 saturated carbocycles. The molecule has 1 heterocycles. The molecule has 0 spiro atoms. The van der Waals surface area contributed by atoms with E-state index in [0.29, 0.717) is 31.1 Å². The van der Waals surface area contributed by atoms with E-state index in [9.17, 15) is 9.18 Å². The molecule has 1 aliphatic rings. The summed E-state index contributed by atoms with van der Waals surface area (Å²) in [5.41, 5.74) is 0.306. The average molecular weight is 354 g/mol. The van der Waals surface area contributed by atoms with Crippen LogP contribution in [0.3, 0.4) is 0 Å². The Morgan fingerprint density at radius 3 is 3.00 bits per heavy atom. The number of halogens is 1. The van der Waals surface area contributed by atoms with Gasteiger partial charge in [0, 0.05) is 51.4 Å². The molecule has 1 amide bonds. The Kier molecular flexibility index (Phi) is 7.94. The molecule has 1 N–H and O–H groups in total. The molecule has 1 saturated heterocycles. The highest BCUT2D eigenvalue weighted by atomic mass is 19.1. The number of nitrogens with zero attached hydrogens (tertiary/aromatic N) is 1. The Bertz CT molecular complexity index is 556. The van der Waals surface area contributed by atoms with Crippen LogP contribution in [0.5, 0.6) is 5.75 Å². The number of benzene rings is 1. The van der Waals surface area contributed by atoms with Crippen LogP contribution < -0.4 is 10.1 Å². The highest BCUT2D eigenvalue weighted by Crippen LogP contribution is 2.19. The van der Waals surface area contributed by atoms with Crippen molar-refractivity contribution in [1.82, 2.24) is 10.2 Å². The van der Waals surface area contributed by atoms with Crippen molar-refractivity contribution in [2.75, 3.05) is 40.0 Å². The number of ether oxygens (including phenoxy) is 3. The molecule has 0 aliphatic carbocycles. The first-order valence-electron chi connectivity index (χ1n) is 8.70. The molecule has 1 atom stereocenters. The molecular formula is C18H27FN2O4. The fourth-order valence-electron chi connectivity index (χ4n) is 2.73. The van der Waals surface area contributed by atoms with Gasteiger partial charge >= 0.3 is 6.09 Å². The van der Waals surface area contributed by atoms with E-state index in [1.54, 1.807) is 24.1 Å². The summed E-state index contributed by atoms with van der Waals surface area (Å²) in [5.74, 6) is 0.140. The molecule has 0 aromatic heterocycles. The lowest BCUT2D eigenvalue weighted by atomic mass is 10.1. The van der Waals surface area contributed by atoms with E-state index in [-0.39, 0.29) is 12.6 Å². The van der Waals surface area contributed by atoms with E-state index in [2.05, 4.69) is 5.32 Å². The van der Waals surface area contributed by atoms with Gasteiger partial charge in [-0.05, 0) is 24.6 Å². The Labute approximate surface area is 148 Å². The van der Waals surface area contributed by atoms with Crippen LogP contribution in [0.2, 0.25) is 0 Å². The van der Waals surface area contributed by atoms with Gasteiger partial charge in [0.1, 0.15) is 18.2 Å². The van der Waals surface area contributed by atoms with Gasteiger partial charge in [-0.1, -0.05) is 6.92 Å². The SMILES string of the molecule is CC[C@@H]1CNCCN1C(=O)OCc1cc(OCCCOC)ccc1F. The summed E-state index contributed by atoms with van der Waals surface area (Å²) in [6.07, 6.45) is 1.19. The van der Waals surface area contributed by atoms with Crippen molar-refractivity contribution >= 4 is 6.09 Å². The first-order chi connectivity index (χ1) is 12.2. The minimum Gasteiger partial charge on any atom is -0.493 e. The largest absolute Gasteiger partial charge is 0.493 e. The zero-order valence-corrected chi connectivity index (χ0v) is 14.9. The summed E-state index contributed by atoms with van der Waals surface area (Å²) < 4.78 is 29.8. The second-order valence-electron chi connectivity index (χ2n) is 5.96. The normalized spacial score (nSPS) is 17.4. The molecule has 1 aromatic carbocycles. The summed E-state index contributed by atoms with van der Waals surface area (Å²) in [6.45, 7) is 5.10. The summed E-state index contributed by atoms with van der Waals surface area (Å²) in [4.78, 5) is 14.0. The number of hydrogen-bond acceptors (Lipinski definition) is 5. The third-order valence-electron chi connectivity index (χ3n) is 4.19. The van der Waals surface area contributed by atoms with Gasteiger partial charge in [0.05, 0.1) is 6.61 Å². The fourth-order valence-corrected chi connectivity index (χ4v) is 2.73. The molecule has 2 rings (SSSR count). The Balaban J connectivity index is 1.89. The van der Waals surface area contributed by atoms with Crippen LogP contribution in [0, 0.1) is 5.82 Å². The Morgan fingerprint density at radius 2 is 2.24 bits per heavy atom. The smallest absolute Gasteiger partial charge is 0.410 e. The lowest BCUT2D eigenvalue weighted by Crippen LogP contribution is -2.53. The summed E-state index contributed by atoms with van der Waals surface area (Å²) >= 11 is 0. The first-order valence-corrected chi connectivity index (χ1v) is 8.70. The molecule has 6 nitrogen and oxygen atoms in total. The molecule has 0 bridgehead atoms. The van der Waals surface area contributed by atoms with Crippen LogP contribution in [-0.4, -0.2) is 57.0 Å². The van der Waals surface area contributed by atoms with Crippen molar-refractivity contribution in [3.63, 3.8) is 0 Å². The zero-order valence-electron chi connectivity index (χ0n) is 14.9. The fraction of sp³-hybridized carbons (Fsp3) is 0.611. The van der Waals surface area contributed by atoms with E-state index in [1.807, 2.05) is 6.92 Å². The number of amides is 1. The average Bonchev–Trinajstić information content (AvgIpc) is 2.65. The Morgan fingerprint density at radius 1 is 1.40 bits per heavy atom. The third kappa shape index (κ3) is 5.86. The molecule has 1 aromatic rings. The predicted octanol–water partition coefficient (Wildman–Crippen LogP) is 2.56. The second kappa shape index (κ2) is 10.2. The van der Waals surface area contributed by atoms with Crippen molar-refractivity contribution in [2.45, 2.75) is 32.4 Å². The number of hydrogen-bond donors (Lipinski definition) is 1. The lowest BCUT2D eigenvalue weighted by Gasteiger charge is -2.34. The predicted molar refractivity (Wildman–Crippen MR) is 92.2 cm³/mol. The van der Waals surface area contributed by atoms with E-state index in [1.165, 1.54) is 6.07 Å². The molecule has 1 aliphatic heterocycles. The number of methoxy groups -OCH3 is 1. The van der Waals surface area contributed by atoms with Crippen LogP contribution in [0.25, 0.3) is 0 Å². The maximum absolute atomic E-state index is 14.0. The van der Waals surface area contributed by atoms with Crippen molar-refractivity contribution in [3.05, 3.63) is 29.6 Å². The van der Waals surface area contributed by atoms with Crippen molar-refractivity contribution < 1.29 is 23.4 Å². The van der Waals surface area contributed by atoms with Crippen LogP contribution in [0.1, 0.15) is 25.3 Å². The van der Waals surface area contributed by atoms with E-state index < -0.39 is 11.9 Å². The van der Waals surface area contributed by atoms with Crippen molar-refractivity contribution in [1.29, 1.82) is 0 Å². The van der Waals surface area contributed by atoms with Gasteiger partial charge in [0.15, 0.2) is 0 Å². The number of carbonyl (C=O) groups is 1. The van der Waals surface area contributed by atoms with E-state index >= 15 is 0 Å². The zero-order chi connectivity index (χ0) is 18.1. The Hall–Kier alpha value is -1.86. The molecule has 1 fully saturated rings. The maximum atomic E-state index is 14.0. The standard InChI is InChI=1S/C18H27FN2O4/c1-3-15-12-20-7-8-21(15)18(22)25-13-14-11-16(5-6-17(14)19)24-10-4-9-23-2/h5-6,11,15,20H,3-4,7-10,12-13H2,1-2H3/t15-/m1/s1. The third-order valence-corrected chi connectivity index (χ3v) is 4.19. The summed E-state index contributed by atoms with van der Waals surface area (Å²) in [5, 5.41) is 3.25. The minimum atomic E-state index is -0.413. The van der Waals surface area contributed by atoms with Crippen molar-refractivity contribution in [3.8, 4) is 5.75 Å². The van der Waals surface area contributed by atoms with Crippen LogP contribution in [0.15, 0.2) is 18.2 Å². The molecule has 7 heteroatoms. The number of carbonyl (C=O) groups excluding carboxylic acids is 1. The summed E-state index contributed by atoms with van der Waals surface area (Å²) in [7, 11) is 1.63. The van der Waals surface area contributed by atoms with Gasteiger partial charge in [-0.15, -0.1) is 0 Å². The number of piperazine rings is 1. The van der Waals surface area contributed by atoms with Crippen molar-refractivity contribution in [2.24, 2.45) is 0 Å². The molecule has 25 heavy (non-hydrogen) atoms. The quantitative estimate of drug-likeness (QED) is 0.727. The van der Waals surface area contributed by atoms with Gasteiger partial charge in [0.2, 0.25) is 0 Å². The van der Waals surface area contributed by atoms with Crippen LogP contribution >= 0.6 is 0 Å². The molecular weight excluding hydrogens is 327 g/mol. The van der Waals surface area contributed by atoms with Gasteiger partial charge in [-0.2, -0.15) is 0 Å². The highest BCUT2D eigenvalue weighted by molar-refractivity contribution is 5.68. The van der Waals surface area contributed by atoms with Gasteiger partial charge in [-0.25, -0.2) is 9.18 Å². The maximum Gasteiger partial charge on any atom is 0.410 e. The van der Waals surface area contributed by atoms with E-state index in [0.717, 1.165) is 25.9 Å². The molecule has 0 unspecified atom stereocenters.